The van der Waals surface area contributed by atoms with Gasteiger partial charge in [-0.2, -0.15) is 0 Å². The fourth-order valence-corrected chi connectivity index (χ4v) is 3.16. The number of aryl methyl sites for hydroxylation is 2. The van der Waals surface area contributed by atoms with Gasteiger partial charge in [0, 0.05) is 17.6 Å². The van der Waals surface area contributed by atoms with Crippen molar-refractivity contribution >= 4 is 5.69 Å². The van der Waals surface area contributed by atoms with Crippen LogP contribution < -0.4 is 5.32 Å². The molecule has 2 aromatic rings. The lowest BCUT2D eigenvalue weighted by Crippen LogP contribution is -2.26. The van der Waals surface area contributed by atoms with Crippen LogP contribution in [0.1, 0.15) is 29.2 Å². The summed E-state index contributed by atoms with van der Waals surface area (Å²) in [4.78, 5) is 0. The number of benzene rings is 2. The van der Waals surface area contributed by atoms with E-state index in [0.717, 1.165) is 6.54 Å². The van der Waals surface area contributed by atoms with Gasteiger partial charge >= 0.3 is 0 Å². The van der Waals surface area contributed by atoms with Gasteiger partial charge in [-0.15, -0.1) is 0 Å². The Labute approximate surface area is 109 Å². The first-order valence-corrected chi connectivity index (χ1v) is 6.52. The van der Waals surface area contributed by atoms with Crippen molar-refractivity contribution in [3.05, 3.63) is 64.7 Å². The minimum atomic E-state index is 0.0916. The highest BCUT2D eigenvalue weighted by atomic mass is 14.9. The van der Waals surface area contributed by atoms with E-state index in [2.05, 4.69) is 68.6 Å². The summed E-state index contributed by atoms with van der Waals surface area (Å²) in [6.07, 6.45) is 0. The Hall–Kier alpha value is -1.76. The maximum absolute atomic E-state index is 3.53. The lowest BCUT2D eigenvalue weighted by Gasteiger charge is -2.27. The molecule has 1 aliphatic heterocycles. The first-order chi connectivity index (χ1) is 8.61. The first kappa shape index (κ1) is 11.3. The lowest BCUT2D eigenvalue weighted by atomic mass is 9.76. The summed E-state index contributed by atoms with van der Waals surface area (Å²) >= 11 is 0. The Bertz CT molecular complexity index is 600. The average Bonchev–Trinajstić information content (AvgIpc) is 2.69. The number of hydrogen-bond donors (Lipinski definition) is 1. The molecule has 0 aliphatic carbocycles. The summed E-state index contributed by atoms with van der Waals surface area (Å²) in [5.41, 5.74) is 6.94. The van der Waals surface area contributed by atoms with Crippen molar-refractivity contribution in [1.29, 1.82) is 0 Å². The molecule has 92 valence electrons. The van der Waals surface area contributed by atoms with Crippen molar-refractivity contribution in [1.82, 2.24) is 0 Å². The molecule has 1 nitrogen and oxygen atoms in total. The summed E-state index contributed by atoms with van der Waals surface area (Å²) in [7, 11) is 0. The molecule has 1 atom stereocenters. The van der Waals surface area contributed by atoms with Gasteiger partial charge in [0.25, 0.3) is 0 Å². The zero-order valence-electron chi connectivity index (χ0n) is 11.2. The molecule has 1 aliphatic rings. The van der Waals surface area contributed by atoms with Crippen molar-refractivity contribution < 1.29 is 0 Å². The molecule has 0 radical (unpaired) electrons. The summed E-state index contributed by atoms with van der Waals surface area (Å²) in [5, 5.41) is 3.53. The Morgan fingerprint density at radius 2 is 1.78 bits per heavy atom. The molecule has 0 saturated carbocycles. The first-order valence-electron chi connectivity index (χ1n) is 6.52. The molecule has 0 fully saturated rings. The van der Waals surface area contributed by atoms with E-state index >= 15 is 0 Å². The van der Waals surface area contributed by atoms with Crippen molar-refractivity contribution in [2.75, 3.05) is 11.9 Å². The van der Waals surface area contributed by atoms with E-state index in [0.29, 0.717) is 0 Å². The molecule has 1 heteroatoms. The van der Waals surface area contributed by atoms with Crippen LogP contribution in [-0.4, -0.2) is 6.54 Å². The number of nitrogens with one attached hydrogen (secondary N) is 1. The molecule has 1 heterocycles. The van der Waals surface area contributed by atoms with Crippen LogP contribution in [0.15, 0.2) is 42.5 Å². The van der Waals surface area contributed by atoms with Crippen LogP contribution in [0.4, 0.5) is 5.69 Å². The van der Waals surface area contributed by atoms with Crippen molar-refractivity contribution in [2.45, 2.75) is 26.2 Å². The largest absolute Gasteiger partial charge is 0.384 e. The molecule has 18 heavy (non-hydrogen) atoms. The van der Waals surface area contributed by atoms with Crippen LogP contribution in [0, 0.1) is 13.8 Å². The third-order valence-corrected chi connectivity index (χ3v) is 4.13. The topological polar surface area (TPSA) is 12.0 Å². The molecule has 1 N–H and O–H groups in total. The normalized spacial score (nSPS) is 21.5. The summed E-state index contributed by atoms with van der Waals surface area (Å²) < 4.78 is 0. The Morgan fingerprint density at radius 1 is 1.00 bits per heavy atom. The van der Waals surface area contributed by atoms with E-state index in [9.17, 15) is 0 Å². The molecule has 3 rings (SSSR count). The molecular weight excluding hydrogens is 218 g/mol. The Balaban J connectivity index is 2.17. The molecule has 0 spiro atoms. The summed E-state index contributed by atoms with van der Waals surface area (Å²) in [5.74, 6) is 0. The molecule has 0 amide bonds. The average molecular weight is 237 g/mol. The minimum Gasteiger partial charge on any atom is -0.384 e. The SMILES string of the molecule is Cc1ccc(C2(C)CNc3ccccc32)c(C)c1. The van der Waals surface area contributed by atoms with Gasteiger partial charge in [0.15, 0.2) is 0 Å². The standard InChI is InChI=1S/C17H19N/c1-12-8-9-14(13(2)10-12)17(3)11-18-16-7-5-4-6-15(16)17/h4-10,18H,11H2,1-3H3. The van der Waals surface area contributed by atoms with Crippen LogP contribution >= 0.6 is 0 Å². The van der Waals surface area contributed by atoms with E-state index in [-0.39, 0.29) is 5.41 Å². The molecule has 1 unspecified atom stereocenters. The zero-order valence-corrected chi connectivity index (χ0v) is 11.2. The van der Waals surface area contributed by atoms with Crippen molar-refractivity contribution in [2.24, 2.45) is 0 Å². The van der Waals surface area contributed by atoms with E-state index in [4.69, 9.17) is 0 Å². The van der Waals surface area contributed by atoms with Crippen LogP contribution in [0.5, 0.6) is 0 Å². The minimum absolute atomic E-state index is 0.0916. The van der Waals surface area contributed by atoms with Gasteiger partial charge < -0.3 is 5.32 Å². The number of anilines is 1. The number of rotatable bonds is 1. The van der Waals surface area contributed by atoms with Crippen molar-refractivity contribution in [3.63, 3.8) is 0 Å². The molecular formula is C17H19N. The second kappa shape index (κ2) is 3.88. The highest BCUT2D eigenvalue weighted by molar-refractivity contribution is 5.64. The third kappa shape index (κ3) is 1.54. The van der Waals surface area contributed by atoms with Crippen LogP contribution in [0.3, 0.4) is 0 Å². The fourth-order valence-electron chi connectivity index (χ4n) is 3.16. The fraction of sp³-hybridized carbons (Fsp3) is 0.294. The van der Waals surface area contributed by atoms with Gasteiger partial charge in [0.05, 0.1) is 0 Å². The van der Waals surface area contributed by atoms with Gasteiger partial charge in [-0.05, 0) is 43.5 Å². The van der Waals surface area contributed by atoms with Gasteiger partial charge in [-0.25, -0.2) is 0 Å². The van der Waals surface area contributed by atoms with Crippen LogP contribution in [-0.2, 0) is 5.41 Å². The second-order valence-electron chi connectivity index (χ2n) is 5.55. The number of hydrogen-bond acceptors (Lipinski definition) is 1. The predicted octanol–water partition coefficient (Wildman–Crippen LogP) is 4.03. The van der Waals surface area contributed by atoms with Gasteiger partial charge in [0.2, 0.25) is 0 Å². The summed E-state index contributed by atoms with van der Waals surface area (Å²) in [6.45, 7) is 7.69. The molecule has 0 saturated heterocycles. The van der Waals surface area contributed by atoms with Gasteiger partial charge in [-0.1, -0.05) is 42.0 Å². The van der Waals surface area contributed by atoms with Crippen LogP contribution in [0.2, 0.25) is 0 Å². The van der Waals surface area contributed by atoms with E-state index in [1.165, 1.54) is 27.9 Å². The zero-order chi connectivity index (χ0) is 12.8. The maximum Gasteiger partial charge on any atom is 0.0382 e. The highest BCUT2D eigenvalue weighted by Gasteiger charge is 2.36. The van der Waals surface area contributed by atoms with E-state index in [1.807, 2.05) is 0 Å². The van der Waals surface area contributed by atoms with E-state index < -0.39 is 0 Å². The summed E-state index contributed by atoms with van der Waals surface area (Å²) in [6, 6.07) is 15.4. The Kier molecular flexibility index (Phi) is 2.44. The monoisotopic (exact) mass is 237 g/mol. The van der Waals surface area contributed by atoms with Gasteiger partial charge in [0.1, 0.15) is 0 Å². The van der Waals surface area contributed by atoms with E-state index in [1.54, 1.807) is 0 Å². The molecule has 0 bridgehead atoms. The van der Waals surface area contributed by atoms with Crippen LogP contribution in [0.25, 0.3) is 0 Å². The molecule has 2 aromatic carbocycles. The maximum atomic E-state index is 3.53. The highest BCUT2D eigenvalue weighted by Crippen LogP contribution is 2.42. The van der Waals surface area contributed by atoms with Gasteiger partial charge in [-0.3, -0.25) is 0 Å². The van der Waals surface area contributed by atoms with Crippen molar-refractivity contribution in [3.8, 4) is 0 Å². The number of para-hydroxylation sites is 1. The smallest absolute Gasteiger partial charge is 0.0382 e. The Morgan fingerprint density at radius 3 is 2.56 bits per heavy atom. The number of fused-ring (bicyclic) bond motifs is 1. The molecule has 0 aromatic heterocycles. The quantitative estimate of drug-likeness (QED) is 0.789. The second-order valence-corrected chi connectivity index (χ2v) is 5.55. The lowest BCUT2D eigenvalue weighted by molar-refractivity contribution is 0.631. The predicted molar refractivity (Wildman–Crippen MR) is 77.3 cm³/mol. The third-order valence-electron chi connectivity index (χ3n) is 4.13.